The van der Waals surface area contributed by atoms with Gasteiger partial charge in [0.25, 0.3) is 0 Å². The van der Waals surface area contributed by atoms with Crippen LogP contribution >= 0.6 is 0 Å². The normalized spacial score (nSPS) is 11.0. The first-order valence-electron chi connectivity index (χ1n) is 6.25. The van der Waals surface area contributed by atoms with Gasteiger partial charge in [0, 0.05) is 0 Å². The molecule has 2 aromatic carbocycles. The number of hydrogen-bond acceptors (Lipinski definition) is 6. The van der Waals surface area contributed by atoms with Crippen molar-refractivity contribution in [3.8, 4) is 11.8 Å². The molecule has 0 unspecified atom stereocenters. The standard InChI is InChI=1S/C15H12N2O4S/c16-11-10-13-6-8-14(9-7-13)20-12-17-21-22(18,19)15-4-2-1-3-5-15/h1-9,12H,10H2. The number of nitriles is 1. The van der Waals surface area contributed by atoms with E-state index in [9.17, 15) is 8.42 Å². The maximum Gasteiger partial charge on any atom is 0.358 e. The zero-order valence-electron chi connectivity index (χ0n) is 11.4. The SMILES string of the molecule is N#CCc1ccc(OC=NOS(=O)(=O)c2ccccc2)cc1. The highest BCUT2D eigenvalue weighted by Gasteiger charge is 2.14. The lowest BCUT2D eigenvalue weighted by Crippen LogP contribution is -2.03. The molecule has 0 N–H and O–H groups in total. The summed E-state index contributed by atoms with van der Waals surface area (Å²) < 4.78 is 33.1. The molecule has 2 rings (SSSR count). The molecule has 0 radical (unpaired) electrons. The van der Waals surface area contributed by atoms with Crippen LogP contribution in [0, 0.1) is 11.3 Å². The van der Waals surface area contributed by atoms with Crippen LogP contribution in [-0.4, -0.2) is 14.8 Å². The van der Waals surface area contributed by atoms with Crippen LogP contribution in [0.2, 0.25) is 0 Å². The molecule has 6 nitrogen and oxygen atoms in total. The molecule has 0 fully saturated rings. The van der Waals surface area contributed by atoms with Gasteiger partial charge in [-0.25, -0.2) is 0 Å². The molecular weight excluding hydrogens is 304 g/mol. The summed E-state index contributed by atoms with van der Waals surface area (Å²) in [5.74, 6) is 0.450. The zero-order chi connectivity index (χ0) is 15.8. The van der Waals surface area contributed by atoms with Crippen molar-refractivity contribution in [2.75, 3.05) is 0 Å². The Balaban J connectivity index is 1.92. The first-order chi connectivity index (χ1) is 10.6. The summed E-state index contributed by atoms with van der Waals surface area (Å²) in [6.45, 7) is 0. The minimum absolute atomic E-state index is 0.00741. The van der Waals surface area contributed by atoms with Gasteiger partial charge in [-0.05, 0) is 35.0 Å². The number of ether oxygens (including phenoxy) is 1. The highest BCUT2D eigenvalue weighted by molar-refractivity contribution is 7.86. The van der Waals surface area contributed by atoms with E-state index in [0.29, 0.717) is 12.2 Å². The molecule has 0 spiro atoms. The van der Waals surface area contributed by atoms with E-state index in [2.05, 4.69) is 9.44 Å². The number of hydrogen-bond donors (Lipinski definition) is 0. The molecule has 0 aliphatic carbocycles. The van der Waals surface area contributed by atoms with E-state index in [1.807, 2.05) is 6.07 Å². The second-order valence-corrected chi connectivity index (χ2v) is 5.68. The Morgan fingerprint density at radius 2 is 1.77 bits per heavy atom. The quantitative estimate of drug-likeness (QED) is 0.464. The third kappa shape index (κ3) is 4.33. The third-order valence-corrected chi connectivity index (χ3v) is 3.74. The fourth-order valence-corrected chi connectivity index (χ4v) is 2.29. The lowest BCUT2D eigenvalue weighted by Gasteiger charge is -2.01. The average molecular weight is 316 g/mol. The summed E-state index contributed by atoms with van der Waals surface area (Å²) in [4.78, 5) is 0.00741. The van der Waals surface area contributed by atoms with Gasteiger partial charge in [0.1, 0.15) is 10.6 Å². The van der Waals surface area contributed by atoms with Crippen molar-refractivity contribution in [1.82, 2.24) is 0 Å². The van der Waals surface area contributed by atoms with Gasteiger partial charge < -0.3 is 4.74 Å². The van der Waals surface area contributed by atoms with Crippen LogP contribution in [0.15, 0.2) is 64.6 Å². The summed E-state index contributed by atoms with van der Waals surface area (Å²) in [6, 6.07) is 16.4. The molecule has 0 aromatic heterocycles. The Morgan fingerprint density at radius 3 is 2.41 bits per heavy atom. The molecular formula is C15H12N2O4S. The monoisotopic (exact) mass is 316 g/mol. The van der Waals surface area contributed by atoms with Crippen molar-refractivity contribution < 1.29 is 17.4 Å². The maximum absolute atomic E-state index is 11.7. The zero-order valence-corrected chi connectivity index (χ0v) is 12.2. The smallest absolute Gasteiger partial charge is 0.358 e. The Labute approximate surface area is 128 Å². The summed E-state index contributed by atoms with van der Waals surface area (Å²) in [6.07, 6.45) is 1.20. The fourth-order valence-electron chi connectivity index (χ4n) is 1.56. The van der Waals surface area contributed by atoms with Crippen LogP contribution in [0.1, 0.15) is 5.56 Å². The van der Waals surface area contributed by atoms with E-state index >= 15 is 0 Å². The fraction of sp³-hybridized carbons (Fsp3) is 0.0667. The van der Waals surface area contributed by atoms with Crippen molar-refractivity contribution >= 4 is 16.5 Å². The van der Waals surface area contributed by atoms with Gasteiger partial charge in [-0.3, -0.25) is 4.28 Å². The average Bonchev–Trinajstić information content (AvgIpc) is 2.54. The predicted octanol–water partition coefficient (Wildman–Crippen LogP) is 2.48. The molecule has 0 bridgehead atoms. The molecule has 7 heteroatoms. The molecule has 0 amide bonds. The molecule has 0 saturated heterocycles. The van der Waals surface area contributed by atoms with Crippen molar-refractivity contribution in [3.05, 3.63) is 60.2 Å². The van der Waals surface area contributed by atoms with E-state index in [1.165, 1.54) is 12.1 Å². The Hall–Kier alpha value is -2.85. The van der Waals surface area contributed by atoms with Crippen LogP contribution < -0.4 is 4.74 Å². The first-order valence-corrected chi connectivity index (χ1v) is 7.66. The number of oxime groups is 1. The van der Waals surface area contributed by atoms with E-state index in [4.69, 9.17) is 10.00 Å². The minimum atomic E-state index is -3.94. The van der Waals surface area contributed by atoms with Crippen molar-refractivity contribution in [2.24, 2.45) is 5.16 Å². The van der Waals surface area contributed by atoms with Crippen LogP contribution in [0.4, 0.5) is 0 Å². The molecule has 0 heterocycles. The van der Waals surface area contributed by atoms with Gasteiger partial charge in [0.2, 0.25) is 6.40 Å². The third-order valence-electron chi connectivity index (χ3n) is 2.61. The molecule has 0 saturated carbocycles. The van der Waals surface area contributed by atoms with Gasteiger partial charge in [-0.1, -0.05) is 30.3 Å². The van der Waals surface area contributed by atoms with E-state index in [-0.39, 0.29) is 4.90 Å². The topological polar surface area (TPSA) is 88.8 Å². The van der Waals surface area contributed by atoms with Crippen LogP contribution in [0.5, 0.6) is 5.75 Å². The largest absolute Gasteiger partial charge is 0.442 e. The van der Waals surface area contributed by atoms with Crippen molar-refractivity contribution in [3.63, 3.8) is 0 Å². The minimum Gasteiger partial charge on any atom is -0.442 e. The van der Waals surface area contributed by atoms with Crippen LogP contribution in [-0.2, 0) is 20.8 Å². The first kappa shape index (κ1) is 15.5. The van der Waals surface area contributed by atoms with Crippen LogP contribution in [0.3, 0.4) is 0 Å². The highest BCUT2D eigenvalue weighted by atomic mass is 32.2. The molecule has 0 aliphatic heterocycles. The predicted molar refractivity (Wildman–Crippen MR) is 79.6 cm³/mol. The van der Waals surface area contributed by atoms with E-state index in [0.717, 1.165) is 12.0 Å². The molecule has 0 atom stereocenters. The Kier molecular flexibility index (Phi) is 5.11. The molecule has 0 aliphatic rings. The summed E-state index contributed by atoms with van der Waals surface area (Å²) >= 11 is 0. The molecule has 112 valence electrons. The van der Waals surface area contributed by atoms with Gasteiger partial charge >= 0.3 is 10.1 Å². The van der Waals surface area contributed by atoms with Gasteiger partial charge in [-0.2, -0.15) is 13.7 Å². The van der Waals surface area contributed by atoms with Crippen molar-refractivity contribution in [2.45, 2.75) is 11.3 Å². The number of rotatable bonds is 6. The summed E-state index contributed by atoms with van der Waals surface area (Å²) in [7, 11) is -3.94. The van der Waals surface area contributed by atoms with Gasteiger partial charge in [0.15, 0.2) is 0 Å². The summed E-state index contributed by atoms with van der Waals surface area (Å²) in [5.41, 5.74) is 0.856. The maximum atomic E-state index is 11.7. The van der Waals surface area contributed by atoms with Crippen LogP contribution in [0.25, 0.3) is 0 Å². The van der Waals surface area contributed by atoms with Gasteiger partial charge in [-0.15, -0.1) is 0 Å². The van der Waals surface area contributed by atoms with Gasteiger partial charge in [0.05, 0.1) is 12.5 Å². The number of benzene rings is 2. The lowest BCUT2D eigenvalue weighted by molar-refractivity contribution is 0.330. The Morgan fingerprint density at radius 1 is 1.09 bits per heavy atom. The van der Waals surface area contributed by atoms with Crippen molar-refractivity contribution in [1.29, 1.82) is 5.26 Å². The number of nitrogens with zero attached hydrogens (tertiary/aromatic N) is 2. The highest BCUT2D eigenvalue weighted by Crippen LogP contribution is 2.13. The Bertz CT molecular complexity index is 779. The second kappa shape index (κ2) is 7.24. The van der Waals surface area contributed by atoms with E-state index < -0.39 is 10.1 Å². The molecule has 22 heavy (non-hydrogen) atoms. The summed E-state index contributed by atoms with van der Waals surface area (Å²) in [5, 5.41) is 11.8. The lowest BCUT2D eigenvalue weighted by atomic mass is 10.2. The second-order valence-electron chi connectivity index (χ2n) is 4.15. The van der Waals surface area contributed by atoms with E-state index in [1.54, 1.807) is 42.5 Å². The molecule has 2 aromatic rings.